The predicted molar refractivity (Wildman–Crippen MR) is 279 cm³/mol. The van der Waals surface area contributed by atoms with Crippen LogP contribution in [0.2, 0.25) is 0 Å². The van der Waals surface area contributed by atoms with E-state index in [-0.39, 0.29) is 0 Å². The van der Waals surface area contributed by atoms with Crippen LogP contribution in [0.15, 0.2) is 255 Å². The summed E-state index contributed by atoms with van der Waals surface area (Å²) in [7, 11) is 0. The van der Waals surface area contributed by atoms with Crippen LogP contribution in [-0.4, -0.2) is 9.13 Å². The molecule has 312 valence electrons. The molecule has 4 heteroatoms. The molecule has 10 aromatic carbocycles. The number of para-hydroxylation sites is 4. The van der Waals surface area contributed by atoms with Gasteiger partial charge in [0, 0.05) is 55.7 Å². The average molecular weight is 845 g/mol. The Hall–Kier alpha value is -8.86. The van der Waals surface area contributed by atoms with Crippen molar-refractivity contribution in [3.8, 4) is 11.4 Å². The lowest BCUT2D eigenvalue weighted by Crippen LogP contribution is -1.99. The molecule has 12 rings (SSSR count). The molecule has 2 aromatic heterocycles. The molecule has 4 nitrogen and oxygen atoms in total. The highest BCUT2D eigenvalue weighted by atomic mass is 15.0. The summed E-state index contributed by atoms with van der Waals surface area (Å²) in [5.74, 6) is 0. The zero-order valence-electron chi connectivity index (χ0n) is 36.1. The van der Waals surface area contributed by atoms with Crippen molar-refractivity contribution in [3.63, 3.8) is 0 Å². The Labute approximate surface area is 384 Å². The molecule has 0 atom stereocenters. The van der Waals surface area contributed by atoms with Gasteiger partial charge in [-0.15, -0.1) is 0 Å². The highest BCUT2D eigenvalue weighted by molar-refractivity contribution is 6.12. The zero-order chi connectivity index (χ0) is 43.8. The van der Waals surface area contributed by atoms with Gasteiger partial charge in [-0.05, 0) is 130 Å². The minimum absolute atomic E-state index is 1.02. The number of rotatable bonds is 10. The molecule has 2 heterocycles. The van der Waals surface area contributed by atoms with Crippen LogP contribution in [-0.2, 0) is 0 Å². The Morgan fingerprint density at radius 2 is 0.545 bits per heavy atom. The van der Waals surface area contributed by atoms with Gasteiger partial charge in [0.25, 0.3) is 0 Å². The van der Waals surface area contributed by atoms with Crippen molar-refractivity contribution >= 4 is 77.5 Å². The molecule has 0 aliphatic rings. The molecular weight excluding hydrogens is 801 g/mol. The summed E-state index contributed by atoms with van der Waals surface area (Å²) in [5.41, 5.74) is 18.1. The molecular formula is C62H44N4. The summed E-state index contributed by atoms with van der Waals surface area (Å²) in [6.45, 7) is 0. The molecule has 0 bridgehead atoms. The van der Waals surface area contributed by atoms with Gasteiger partial charge in [0.05, 0.1) is 22.1 Å². The number of benzene rings is 10. The topological polar surface area (TPSA) is 33.9 Å². The maximum absolute atomic E-state index is 3.73. The number of fused-ring (bicyclic) bond motifs is 6. The number of nitrogens with zero attached hydrogens (tertiary/aromatic N) is 2. The number of hydrogen-bond donors (Lipinski definition) is 2. The summed E-state index contributed by atoms with van der Waals surface area (Å²) in [5, 5.41) is 12.3. The second kappa shape index (κ2) is 16.7. The number of aromatic nitrogens is 2. The van der Waals surface area contributed by atoms with E-state index in [1.165, 1.54) is 54.8 Å². The van der Waals surface area contributed by atoms with E-state index in [1.807, 2.05) is 0 Å². The molecule has 66 heavy (non-hydrogen) atoms. The minimum atomic E-state index is 1.02. The molecule has 0 aliphatic heterocycles. The van der Waals surface area contributed by atoms with Gasteiger partial charge >= 0.3 is 0 Å². The van der Waals surface area contributed by atoms with E-state index >= 15 is 0 Å². The van der Waals surface area contributed by atoms with Gasteiger partial charge in [-0.2, -0.15) is 0 Å². The first-order valence-corrected chi connectivity index (χ1v) is 22.5. The van der Waals surface area contributed by atoms with E-state index in [1.54, 1.807) is 0 Å². The van der Waals surface area contributed by atoms with Gasteiger partial charge in [0.1, 0.15) is 0 Å². The van der Waals surface area contributed by atoms with E-state index in [0.717, 1.165) is 56.4 Å². The van der Waals surface area contributed by atoms with Crippen LogP contribution >= 0.6 is 0 Å². The van der Waals surface area contributed by atoms with E-state index in [2.05, 4.69) is 275 Å². The lowest BCUT2D eigenvalue weighted by Gasteiger charge is -2.19. The SMILES string of the molecule is c1ccc(C(=C(c2ccccc2)c2ccc(Nc3ccc4c(c3)c3ccccc3n4-c3ccccc3)cc2)c2ccc(Nc3ccc4c(c3)c3ccccc3n4-c3ccccc3)cc2)cc1. The minimum Gasteiger partial charge on any atom is -0.356 e. The van der Waals surface area contributed by atoms with Crippen molar-refractivity contribution in [2.24, 2.45) is 0 Å². The molecule has 0 spiro atoms. The molecule has 12 aromatic rings. The van der Waals surface area contributed by atoms with Gasteiger partial charge in [0.2, 0.25) is 0 Å². The van der Waals surface area contributed by atoms with Crippen LogP contribution in [0.25, 0.3) is 66.1 Å². The summed E-state index contributed by atoms with van der Waals surface area (Å²) >= 11 is 0. The third-order valence-electron chi connectivity index (χ3n) is 12.7. The molecule has 0 fully saturated rings. The van der Waals surface area contributed by atoms with Crippen LogP contribution in [0.5, 0.6) is 0 Å². The third kappa shape index (κ3) is 7.08. The number of hydrogen-bond acceptors (Lipinski definition) is 2. The molecule has 0 saturated heterocycles. The number of anilines is 4. The molecule has 0 saturated carbocycles. The predicted octanol–water partition coefficient (Wildman–Crippen LogP) is 16.4. The molecule has 2 N–H and O–H groups in total. The Balaban J connectivity index is 0.891. The standard InChI is InChI=1S/C62H44N4/c1-5-17-43(18-6-1)61(45-29-33-47(34-30-45)63-49-37-39-59-55(41-49)53-25-13-15-27-57(53)65(59)51-21-9-3-10-22-51)62(44-19-7-2-8-20-44)46-31-35-48(36-32-46)64-50-38-40-60-56(42-50)54-26-14-16-28-58(54)66(60)52-23-11-4-12-24-52/h1-42,63-64H. The molecule has 0 amide bonds. The average Bonchev–Trinajstić information content (AvgIpc) is 3.89. The van der Waals surface area contributed by atoms with Gasteiger partial charge in [0.15, 0.2) is 0 Å². The Bertz CT molecular complexity index is 3450. The van der Waals surface area contributed by atoms with Crippen LogP contribution in [0.4, 0.5) is 22.7 Å². The van der Waals surface area contributed by atoms with Crippen LogP contribution in [0.3, 0.4) is 0 Å². The van der Waals surface area contributed by atoms with E-state index < -0.39 is 0 Å². The number of nitrogens with one attached hydrogen (secondary N) is 2. The van der Waals surface area contributed by atoms with Crippen LogP contribution in [0.1, 0.15) is 22.3 Å². The van der Waals surface area contributed by atoms with E-state index in [9.17, 15) is 0 Å². The highest BCUT2D eigenvalue weighted by Gasteiger charge is 2.18. The Morgan fingerprint density at radius 3 is 0.939 bits per heavy atom. The fraction of sp³-hybridized carbons (Fsp3) is 0. The normalized spacial score (nSPS) is 11.9. The highest BCUT2D eigenvalue weighted by Crippen LogP contribution is 2.40. The fourth-order valence-corrected chi connectivity index (χ4v) is 9.71. The van der Waals surface area contributed by atoms with Gasteiger partial charge in [-0.3, -0.25) is 0 Å². The monoisotopic (exact) mass is 844 g/mol. The van der Waals surface area contributed by atoms with Crippen LogP contribution in [0, 0.1) is 0 Å². The summed E-state index contributed by atoms with van der Waals surface area (Å²) in [4.78, 5) is 0. The maximum Gasteiger partial charge on any atom is 0.0542 e. The van der Waals surface area contributed by atoms with Gasteiger partial charge < -0.3 is 19.8 Å². The van der Waals surface area contributed by atoms with E-state index in [4.69, 9.17) is 0 Å². The van der Waals surface area contributed by atoms with Crippen molar-refractivity contribution in [2.75, 3.05) is 10.6 Å². The Morgan fingerprint density at radius 1 is 0.242 bits per heavy atom. The second-order valence-electron chi connectivity index (χ2n) is 16.7. The Kier molecular flexibility index (Phi) is 9.81. The first kappa shape index (κ1) is 38.8. The largest absolute Gasteiger partial charge is 0.356 e. The lowest BCUT2D eigenvalue weighted by atomic mass is 9.85. The molecule has 0 unspecified atom stereocenters. The van der Waals surface area contributed by atoms with Crippen molar-refractivity contribution in [3.05, 3.63) is 277 Å². The quantitative estimate of drug-likeness (QED) is 0.135. The summed E-state index contributed by atoms with van der Waals surface area (Å²) < 4.78 is 4.70. The molecule has 0 radical (unpaired) electrons. The van der Waals surface area contributed by atoms with Gasteiger partial charge in [-0.25, -0.2) is 0 Å². The van der Waals surface area contributed by atoms with Crippen molar-refractivity contribution in [1.82, 2.24) is 9.13 Å². The second-order valence-corrected chi connectivity index (χ2v) is 16.7. The smallest absolute Gasteiger partial charge is 0.0542 e. The van der Waals surface area contributed by atoms with Crippen molar-refractivity contribution in [2.45, 2.75) is 0 Å². The lowest BCUT2D eigenvalue weighted by molar-refractivity contribution is 1.18. The van der Waals surface area contributed by atoms with Gasteiger partial charge in [-0.1, -0.05) is 158 Å². The molecule has 0 aliphatic carbocycles. The summed E-state index contributed by atoms with van der Waals surface area (Å²) in [6, 6.07) is 91.2. The first-order chi connectivity index (χ1) is 32.7. The van der Waals surface area contributed by atoms with Crippen LogP contribution < -0.4 is 10.6 Å². The zero-order valence-corrected chi connectivity index (χ0v) is 36.1. The third-order valence-corrected chi connectivity index (χ3v) is 12.7. The van der Waals surface area contributed by atoms with E-state index in [0.29, 0.717) is 0 Å². The van der Waals surface area contributed by atoms with Crippen molar-refractivity contribution < 1.29 is 0 Å². The first-order valence-electron chi connectivity index (χ1n) is 22.5. The fourth-order valence-electron chi connectivity index (χ4n) is 9.71. The maximum atomic E-state index is 3.73. The van der Waals surface area contributed by atoms with Crippen molar-refractivity contribution in [1.29, 1.82) is 0 Å². The summed E-state index contributed by atoms with van der Waals surface area (Å²) in [6.07, 6.45) is 0.